The van der Waals surface area contributed by atoms with Crippen molar-refractivity contribution in [3.05, 3.63) is 22.4 Å². The zero-order valence-corrected chi connectivity index (χ0v) is 13.9. The van der Waals surface area contributed by atoms with Gasteiger partial charge in [0, 0.05) is 13.7 Å². The van der Waals surface area contributed by atoms with E-state index in [1.165, 1.54) is 11.3 Å². The third-order valence-corrected chi connectivity index (χ3v) is 5.83. The van der Waals surface area contributed by atoms with Crippen LogP contribution in [0.5, 0.6) is 0 Å². The van der Waals surface area contributed by atoms with Gasteiger partial charge in [-0.15, -0.1) is 11.3 Å². The van der Waals surface area contributed by atoms with Gasteiger partial charge in [0.15, 0.2) is 0 Å². The summed E-state index contributed by atoms with van der Waals surface area (Å²) in [5, 5.41) is 10.7. The highest BCUT2D eigenvalue weighted by molar-refractivity contribution is 7.12. The van der Waals surface area contributed by atoms with Crippen LogP contribution in [0.25, 0.3) is 0 Å². The number of amides is 1. The van der Waals surface area contributed by atoms with E-state index in [2.05, 4.69) is 0 Å². The number of carboxylic acid groups (broad SMARTS) is 1. The second-order valence-corrected chi connectivity index (χ2v) is 7.06. The Hall–Kier alpha value is -1.44. The smallest absolute Gasteiger partial charge is 0.329 e. The zero-order chi connectivity index (χ0) is 16.4. The van der Waals surface area contributed by atoms with Crippen LogP contribution in [-0.2, 0) is 14.3 Å². The lowest BCUT2D eigenvalue weighted by atomic mass is 9.79. The Morgan fingerprint density at radius 2 is 2.30 bits per heavy atom. The van der Waals surface area contributed by atoms with Gasteiger partial charge in [-0.05, 0) is 37.1 Å². The maximum Gasteiger partial charge on any atom is 0.329 e. The number of likely N-dealkylation sites (tertiary alicyclic amines) is 1. The summed E-state index contributed by atoms with van der Waals surface area (Å²) in [5.74, 6) is -0.936. The quantitative estimate of drug-likeness (QED) is 0.888. The Morgan fingerprint density at radius 3 is 2.96 bits per heavy atom. The number of carbonyl (C=O) groups is 2. The van der Waals surface area contributed by atoms with Gasteiger partial charge >= 0.3 is 5.97 Å². The van der Waals surface area contributed by atoms with Crippen LogP contribution >= 0.6 is 11.3 Å². The van der Waals surface area contributed by atoms with Crippen LogP contribution in [0.15, 0.2) is 17.5 Å². The van der Waals surface area contributed by atoms with Gasteiger partial charge in [0.2, 0.25) is 0 Å². The lowest BCUT2D eigenvalue weighted by Crippen LogP contribution is -2.53. The third kappa shape index (κ3) is 3.13. The van der Waals surface area contributed by atoms with Crippen molar-refractivity contribution in [3.63, 3.8) is 0 Å². The largest absolute Gasteiger partial charge is 0.480 e. The van der Waals surface area contributed by atoms with Crippen LogP contribution in [-0.4, -0.2) is 59.9 Å². The molecule has 2 fully saturated rings. The second kappa shape index (κ2) is 6.59. The van der Waals surface area contributed by atoms with Gasteiger partial charge < -0.3 is 19.5 Å². The molecular weight excluding hydrogens is 318 g/mol. The van der Waals surface area contributed by atoms with Crippen molar-refractivity contribution in [1.82, 2.24) is 4.90 Å². The van der Waals surface area contributed by atoms with E-state index < -0.39 is 5.97 Å². The van der Waals surface area contributed by atoms with E-state index in [0.29, 0.717) is 13.0 Å². The fourth-order valence-electron chi connectivity index (χ4n) is 3.79. The average Bonchev–Trinajstić information content (AvgIpc) is 3.20. The third-order valence-electron chi connectivity index (χ3n) is 4.98. The van der Waals surface area contributed by atoms with E-state index in [0.717, 1.165) is 24.1 Å². The molecule has 1 saturated heterocycles. The van der Waals surface area contributed by atoms with Gasteiger partial charge in [0.05, 0.1) is 22.6 Å². The molecule has 1 aliphatic carbocycles. The van der Waals surface area contributed by atoms with Crippen LogP contribution in [0, 0.1) is 0 Å². The molecule has 0 radical (unpaired) electrons. The summed E-state index contributed by atoms with van der Waals surface area (Å²) >= 11 is 1.44. The number of fused-ring (bicyclic) bond motifs is 1. The topological polar surface area (TPSA) is 76.1 Å². The summed E-state index contributed by atoms with van der Waals surface area (Å²) in [7, 11) is 1.70. The SMILES string of the molecule is CO[C@@]12CC[C@@H](OCC(=O)O)C[C@@H]1N(C(=O)c1cccs1)CC2. The monoisotopic (exact) mass is 339 g/mol. The molecule has 7 heteroatoms. The number of aliphatic carboxylic acids is 1. The van der Waals surface area contributed by atoms with E-state index in [1.807, 2.05) is 22.4 Å². The van der Waals surface area contributed by atoms with Crippen LogP contribution in [0.3, 0.4) is 0 Å². The number of rotatable bonds is 5. The van der Waals surface area contributed by atoms with Crippen molar-refractivity contribution in [2.45, 2.75) is 43.4 Å². The first-order valence-corrected chi connectivity index (χ1v) is 8.67. The maximum atomic E-state index is 12.7. The second-order valence-electron chi connectivity index (χ2n) is 6.11. The lowest BCUT2D eigenvalue weighted by Gasteiger charge is -2.43. The summed E-state index contributed by atoms with van der Waals surface area (Å²) in [4.78, 5) is 26.1. The molecule has 0 bridgehead atoms. The van der Waals surface area contributed by atoms with Crippen LogP contribution in [0.2, 0.25) is 0 Å². The number of thiophene rings is 1. The average molecular weight is 339 g/mol. The Kier molecular flexibility index (Phi) is 4.70. The van der Waals surface area contributed by atoms with Gasteiger partial charge in [-0.1, -0.05) is 6.07 Å². The number of carboxylic acids is 1. The number of carbonyl (C=O) groups excluding carboxylic acids is 1. The van der Waals surface area contributed by atoms with Gasteiger partial charge in [-0.2, -0.15) is 0 Å². The van der Waals surface area contributed by atoms with E-state index in [1.54, 1.807) is 7.11 Å². The molecule has 3 rings (SSSR count). The highest BCUT2D eigenvalue weighted by Gasteiger charge is 2.52. The van der Waals surface area contributed by atoms with Crippen molar-refractivity contribution in [2.24, 2.45) is 0 Å². The number of hydrogen-bond donors (Lipinski definition) is 1. The van der Waals surface area contributed by atoms with E-state index in [4.69, 9.17) is 14.6 Å². The summed E-state index contributed by atoms with van der Waals surface area (Å²) < 4.78 is 11.3. The molecular formula is C16H21NO5S. The molecule has 1 N–H and O–H groups in total. The predicted octanol–water partition coefficient (Wildman–Crippen LogP) is 2.00. The van der Waals surface area contributed by atoms with Crippen molar-refractivity contribution < 1.29 is 24.2 Å². The van der Waals surface area contributed by atoms with E-state index in [-0.39, 0.29) is 30.3 Å². The number of hydrogen-bond acceptors (Lipinski definition) is 5. The molecule has 1 aromatic heterocycles. The van der Waals surface area contributed by atoms with Crippen molar-refractivity contribution in [1.29, 1.82) is 0 Å². The van der Waals surface area contributed by atoms with Crippen LogP contribution < -0.4 is 0 Å². The number of nitrogens with zero attached hydrogens (tertiary/aromatic N) is 1. The van der Waals surface area contributed by atoms with Gasteiger partial charge in [-0.3, -0.25) is 4.79 Å². The first-order chi connectivity index (χ1) is 11.1. The van der Waals surface area contributed by atoms with E-state index >= 15 is 0 Å². The predicted molar refractivity (Wildman–Crippen MR) is 84.7 cm³/mol. The zero-order valence-electron chi connectivity index (χ0n) is 13.1. The molecule has 1 saturated carbocycles. The molecule has 1 amide bonds. The Balaban J connectivity index is 1.75. The first-order valence-electron chi connectivity index (χ1n) is 7.79. The summed E-state index contributed by atoms with van der Waals surface area (Å²) in [6, 6.07) is 3.65. The van der Waals surface area contributed by atoms with E-state index in [9.17, 15) is 9.59 Å². The van der Waals surface area contributed by atoms with Crippen LogP contribution in [0.4, 0.5) is 0 Å². The molecule has 2 aliphatic rings. The highest BCUT2D eigenvalue weighted by Crippen LogP contribution is 2.43. The Morgan fingerprint density at radius 1 is 1.48 bits per heavy atom. The summed E-state index contributed by atoms with van der Waals surface area (Å²) in [6.07, 6.45) is 2.84. The molecule has 1 aliphatic heterocycles. The Labute approximate surface area is 139 Å². The minimum absolute atomic E-state index is 0.0304. The molecule has 2 heterocycles. The molecule has 3 atom stereocenters. The van der Waals surface area contributed by atoms with Gasteiger partial charge in [0.25, 0.3) is 5.91 Å². The van der Waals surface area contributed by atoms with Gasteiger partial charge in [-0.25, -0.2) is 4.79 Å². The Bertz CT molecular complexity index is 575. The van der Waals surface area contributed by atoms with Crippen LogP contribution in [0.1, 0.15) is 35.4 Å². The van der Waals surface area contributed by atoms with Crippen molar-refractivity contribution >= 4 is 23.2 Å². The molecule has 6 nitrogen and oxygen atoms in total. The molecule has 126 valence electrons. The van der Waals surface area contributed by atoms with Crippen molar-refractivity contribution in [2.75, 3.05) is 20.3 Å². The highest BCUT2D eigenvalue weighted by atomic mass is 32.1. The summed E-state index contributed by atoms with van der Waals surface area (Å²) in [5.41, 5.74) is -0.323. The van der Waals surface area contributed by atoms with Crippen molar-refractivity contribution in [3.8, 4) is 0 Å². The molecule has 23 heavy (non-hydrogen) atoms. The maximum absolute atomic E-state index is 12.7. The normalized spacial score (nSPS) is 30.2. The molecule has 1 aromatic rings. The fourth-order valence-corrected chi connectivity index (χ4v) is 4.47. The number of methoxy groups -OCH3 is 1. The first kappa shape index (κ1) is 16.4. The number of ether oxygens (including phenoxy) is 2. The molecule has 0 unspecified atom stereocenters. The lowest BCUT2D eigenvalue weighted by molar-refractivity contribution is -0.148. The molecule has 0 aromatic carbocycles. The van der Waals surface area contributed by atoms with Gasteiger partial charge in [0.1, 0.15) is 6.61 Å². The standard InChI is InChI=1S/C16H21NO5S/c1-21-16-5-4-11(22-10-14(18)19)9-13(16)17(7-6-16)15(20)12-3-2-8-23-12/h2-3,8,11,13H,4-7,9-10H2,1H3,(H,18,19)/t11-,13+,16-/m1/s1. The minimum Gasteiger partial charge on any atom is -0.480 e. The summed E-state index contributed by atoms with van der Waals surface area (Å²) in [6.45, 7) is 0.372. The molecule has 0 spiro atoms. The fraction of sp³-hybridized carbons (Fsp3) is 0.625. The minimum atomic E-state index is -0.966.